The Morgan fingerprint density at radius 3 is 2.15 bits per heavy atom. The molecule has 0 bridgehead atoms. The van der Waals surface area contributed by atoms with Gasteiger partial charge in [-0.25, -0.2) is 0 Å². The van der Waals surface area contributed by atoms with E-state index in [9.17, 15) is 0 Å². The predicted octanol–water partition coefficient (Wildman–Crippen LogP) is 2.69. The lowest BCUT2D eigenvalue weighted by molar-refractivity contribution is 0.375. The summed E-state index contributed by atoms with van der Waals surface area (Å²) in [4.78, 5) is 0. The molecule has 2 unspecified atom stereocenters. The van der Waals surface area contributed by atoms with Crippen LogP contribution in [0, 0.1) is 17.8 Å². The standard InChI is InChI=1S/C12H21N/c13-12(8-9-4-1-2-5-9)10-6-3-7-11(10)12/h9-11H,1-8,13H2. The summed E-state index contributed by atoms with van der Waals surface area (Å²) in [6.45, 7) is 0. The molecule has 2 atom stereocenters. The highest BCUT2D eigenvalue weighted by Gasteiger charge is 2.63. The van der Waals surface area contributed by atoms with Gasteiger partial charge in [0.1, 0.15) is 0 Å². The second-order valence-electron chi connectivity index (χ2n) is 5.61. The second-order valence-corrected chi connectivity index (χ2v) is 5.61. The van der Waals surface area contributed by atoms with Crippen LogP contribution in [0.5, 0.6) is 0 Å². The summed E-state index contributed by atoms with van der Waals surface area (Å²) < 4.78 is 0. The molecule has 0 spiro atoms. The van der Waals surface area contributed by atoms with E-state index >= 15 is 0 Å². The van der Waals surface area contributed by atoms with Gasteiger partial charge < -0.3 is 5.73 Å². The Kier molecular flexibility index (Phi) is 1.74. The van der Waals surface area contributed by atoms with E-state index in [1.165, 1.54) is 51.4 Å². The molecule has 0 aromatic carbocycles. The van der Waals surface area contributed by atoms with Gasteiger partial charge in [-0.15, -0.1) is 0 Å². The van der Waals surface area contributed by atoms with E-state index in [0.717, 1.165) is 17.8 Å². The first-order chi connectivity index (χ1) is 6.31. The monoisotopic (exact) mass is 179 g/mol. The first-order valence-electron chi connectivity index (χ1n) is 6.09. The maximum atomic E-state index is 6.48. The first kappa shape index (κ1) is 8.28. The number of fused-ring (bicyclic) bond motifs is 1. The van der Waals surface area contributed by atoms with Crippen molar-refractivity contribution in [1.29, 1.82) is 0 Å². The Morgan fingerprint density at radius 2 is 1.54 bits per heavy atom. The number of hydrogen-bond acceptors (Lipinski definition) is 1. The molecule has 3 fully saturated rings. The lowest BCUT2D eigenvalue weighted by atomic mass is 9.92. The van der Waals surface area contributed by atoms with Gasteiger partial charge in [0.05, 0.1) is 0 Å². The molecular weight excluding hydrogens is 158 g/mol. The Balaban J connectivity index is 1.60. The van der Waals surface area contributed by atoms with Crippen LogP contribution in [-0.2, 0) is 0 Å². The average Bonchev–Trinajstić information content (AvgIpc) is 2.60. The number of hydrogen-bond donors (Lipinski definition) is 1. The fourth-order valence-electron chi connectivity index (χ4n) is 4.14. The van der Waals surface area contributed by atoms with Crippen molar-refractivity contribution in [2.45, 2.75) is 56.9 Å². The summed E-state index contributed by atoms with van der Waals surface area (Å²) in [7, 11) is 0. The summed E-state index contributed by atoms with van der Waals surface area (Å²) >= 11 is 0. The second kappa shape index (κ2) is 2.73. The minimum atomic E-state index is 0.327. The van der Waals surface area contributed by atoms with Gasteiger partial charge in [-0.05, 0) is 37.0 Å². The van der Waals surface area contributed by atoms with Crippen molar-refractivity contribution in [2.24, 2.45) is 23.5 Å². The summed E-state index contributed by atoms with van der Waals surface area (Å²) in [5.41, 5.74) is 6.80. The van der Waals surface area contributed by atoms with Gasteiger partial charge in [0.25, 0.3) is 0 Å². The summed E-state index contributed by atoms with van der Waals surface area (Å²) in [6, 6.07) is 0. The Bertz CT molecular complexity index is 195. The Labute approximate surface area is 81.1 Å². The molecular formula is C12H21N. The van der Waals surface area contributed by atoms with Crippen molar-refractivity contribution in [3.63, 3.8) is 0 Å². The molecule has 0 aromatic rings. The molecule has 3 aliphatic carbocycles. The lowest BCUT2D eigenvalue weighted by Crippen LogP contribution is -2.30. The molecule has 0 saturated heterocycles. The van der Waals surface area contributed by atoms with Crippen LogP contribution in [-0.4, -0.2) is 5.54 Å². The zero-order chi connectivity index (χ0) is 8.89. The third-order valence-electron chi connectivity index (χ3n) is 4.90. The van der Waals surface area contributed by atoms with Gasteiger partial charge in [0.2, 0.25) is 0 Å². The van der Waals surface area contributed by atoms with E-state index in [-0.39, 0.29) is 0 Å². The van der Waals surface area contributed by atoms with Gasteiger partial charge in [0, 0.05) is 5.54 Å². The molecule has 74 valence electrons. The van der Waals surface area contributed by atoms with Crippen LogP contribution in [0.25, 0.3) is 0 Å². The smallest absolute Gasteiger partial charge is 0.0220 e. The van der Waals surface area contributed by atoms with Crippen LogP contribution in [0.4, 0.5) is 0 Å². The molecule has 1 nitrogen and oxygen atoms in total. The topological polar surface area (TPSA) is 26.0 Å². The fourth-order valence-corrected chi connectivity index (χ4v) is 4.14. The van der Waals surface area contributed by atoms with Crippen LogP contribution < -0.4 is 5.73 Å². The molecule has 13 heavy (non-hydrogen) atoms. The maximum Gasteiger partial charge on any atom is 0.0220 e. The summed E-state index contributed by atoms with van der Waals surface area (Å²) in [5.74, 6) is 2.87. The van der Waals surface area contributed by atoms with E-state index in [1.807, 2.05) is 0 Å². The zero-order valence-corrected chi connectivity index (χ0v) is 8.47. The van der Waals surface area contributed by atoms with Crippen LogP contribution in [0.3, 0.4) is 0 Å². The highest BCUT2D eigenvalue weighted by Crippen LogP contribution is 2.62. The fraction of sp³-hybridized carbons (Fsp3) is 1.00. The first-order valence-corrected chi connectivity index (χ1v) is 6.09. The van der Waals surface area contributed by atoms with Gasteiger partial charge >= 0.3 is 0 Å². The predicted molar refractivity (Wildman–Crippen MR) is 54.3 cm³/mol. The van der Waals surface area contributed by atoms with E-state index < -0.39 is 0 Å². The molecule has 3 saturated carbocycles. The highest BCUT2D eigenvalue weighted by atomic mass is 14.9. The number of nitrogens with two attached hydrogens (primary N) is 1. The van der Waals surface area contributed by atoms with E-state index in [1.54, 1.807) is 0 Å². The molecule has 0 aliphatic heterocycles. The number of rotatable bonds is 2. The van der Waals surface area contributed by atoms with Crippen molar-refractivity contribution >= 4 is 0 Å². The average molecular weight is 179 g/mol. The van der Waals surface area contributed by atoms with Crippen molar-refractivity contribution in [3.05, 3.63) is 0 Å². The molecule has 0 heterocycles. The van der Waals surface area contributed by atoms with Crippen LogP contribution in [0.2, 0.25) is 0 Å². The van der Waals surface area contributed by atoms with Gasteiger partial charge in [-0.1, -0.05) is 32.1 Å². The Morgan fingerprint density at radius 1 is 0.923 bits per heavy atom. The third kappa shape index (κ3) is 1.16. The van der Waals surface area contributed by atoms with Crippen LogP contribution in [0.15, 0.2) is 0 Å². The quantitative estimate of drug-likeness (QED) is 0.693. The van der Waals surface area contributed by atoms with E-state index in [4.69, 9.17) is 5.73 Å². The van der Waals surface area contributed by atoms with Gasteiger partial charge in [0.15, 0.2) is 0 Å². The zero-order valence-electron chi connectivity index (χ0n) is 8.47. The normalized spacial score (nSPS) is 49.6. The molecule has 0 amide bonds. The molecule has 0 aromatic heterocycles. The van der Waals surface area contributed by atoms with Crippen molar-refractivity contribution < 1.29 is 0 Å². The molecule has 3 rings (SSSR count). The third-order valence-corrected chi connectivity index (χ3v) is 4.90. The molecule has 3 aliphatic rings. The Hall–Kier alpha value is -0.0400. The van der Waals surface area contributed by atoms with Crippen LogP contribution in [0.1, 0.15) is 51.4 Å². The minimum absolute atomic E-state index is 0.327. The lowest BCUT2D eigenvalue weighted by Gasteiger charge is -2.19. The largest absolute Gasteiger partial charge is 0.325 e. The molecule has 2 N–H and O–H groups in total. The van der Waals surface area contributed by atoms with Gasteiger partial charge in [-0.2, -0.15) is 0 Å². The molecule has 0 radical (unpaired) electrons. The van der Waals surface area contributed by atoms with E-state index in [0.29, 0.717) is 5.54 Å². The van der Waals surface area contributed by atoms with Gasteiger partial charge in [-0.3, -0.25) is 0 Å². The van der Waals surface area contributed by atoms with Crippen molar-refractivity contribution in [1.82, 2.24) is 0 Å². The SMILES string of the molecule is NC1(CC2CCCC2)C2CCCC21. The van der Waals surface area contributed by atoms with Crippen molar-refractivity contribution in [3.8, 4) is 0 Å². The highest BCUT2D eigenvalue weighted by molar-refractivity contribution is 5.18. The maximum absolute atomic E-state index is 6.48. The summed E-state index contributed by atoms with van der Waals surface area (Å²) in [5, 5.41) is 0. The summed E-state index contributed by atoms with van der Waals surface area (Å²) in [6.07, 6.45) is 11.6. The van der Waals surface area contributed by atoms with Crippen LogP contribution >= 0.6 is 0 Å². The molecule has 1 heteroatoms. The van der Waals surface area contributed by atoms with Crippen molar-refractivity contribution in [2.75, 3.05) is 0 Å². The van der Waals surface area contributed by atoms with E-state index in [2.05, 4.69) is 0 Å². The minimum Gasteiger partial charge on any atom is -0.325 e.